The summed E-state index contributed by atoms with van der Waals surface area (Å²) in [7, 11) is 0. The molecule has 0 saturated heterocycles. The Balaban J connectivity index is 9.95. The molecule has 0 rings (SSSR count). The monoisotopic (exact) mass is 2400 g/mol. The second kappa shape index (κ2) is 39.4. The fourth-order valence-electron chi connectivity index (χ4n) is 11.0. The van der Waals surface area contributed by atoms with Crippen LogP contribution in [-0.2, 0) is 0 Å². The average Bonchev–Trinajstić information content (AvgIpc) is 0.708. The van der Waals surface area contributed by atoms with Gasteiger partial charge in [0.2, 0.25) is 0 Å². The molecule has 0 bridgehead atoms. The van der Waals surface area contributed by atoms with Crippen molar-refractivity contribution in [2.45, 2.75) is 309 Å². The van der Waals surface area contributed by atoms with E-state index in [2.05, 4.69) is 0 Å². The van der Waals surface area contributed by atoms with Gasteiger partial charge >= 0.3 is 238 Å². The normalized spacial score (nSPS) is 16.9. The summed E-state index contributed by atoms with van der Waals surface area (Å²) in [6, 6.07) is 0. The first-order valence-electron chi connectivity index (χ1n) is 35.4. The summed E-state index contributed by atoms with van der Waals surface area (Å²) in [5.41, 5.74) is 0. The molecule has 0 atom stereocenters. The lowest BCUT2D eigenvalue weighted by Crippen LogP contribution is -2.74. The molecule has 3 nitrogen and oxygen atoms in total. The van der Waals surface area contributed by atoms with Gasteiger partial charge in [0.1, 0.15) is 0 Å². The molecule has 0 aromatic carbocycles. The Bertz CT molecular complexity index is 4090. The van der Waals surface area contributed by atoms with Gasteiger partial charge in [-0.2, -0.15) is 373 Å². The molecule has 88 heteroatoms. The van der Waals surface area contributed by atoms with Gasteiger partial charge < -0.3 is 4.90 Å². The van der Waals surface area contributed by atoms with Gasteiger partial charge in [-0.1, -0.05) is 0 Å². The second-order valence-corrected chi connectivity index (χ2v) is 30.3. The second-order valence-electron chi connectivity index (χ2n) is 30.3. The van der Waals surface area contributed by atoms with Crippen LogP contribution in [0.25, 0.3) is 0 Å². The van der Waals surface area contributed by atoms with E-state index in [4.69, 9.17) is 0 Å². The third kappa shape index (κ3) is 21.3. The Morgan fingerprint density at radius 1 is 0.0884 bits per heavy atom. The van der Waals surface area contributed by atoms with Gasteiger partial charge in [-0.15, -0.1) is 0 Å². The van der Waals surface area contributed by atoms with E-state index in [1.807, 2.05) is 0 Å². The van der Waals surface area contributed by atoms with Crippen molar-refractivity contribution in [3.05, 3.63) is 0 Å². The minimum Gasteiger partial charge on any atom is -0.303 e. The number of hydrogen-bond acceptors (Lipinski definition) is 3. The Kier molecular flexibility index (Phi) is 37.7. The fraction of sp³-hybridized carbons (Fsp3) is 1.00. The summed E-state index contributed by atoms with van der Waals surface area (Å²) in [6.07, 6.45) is -83.3. The zero-order chi connectivity index (χ0) is 120. The Morgan fingerprint density at radius 3 is 0.279 bits per heavy atom. The molecule has 884 valence electrons. The first-order chi connectivity index (χ1) is 62.7. The number of nitrogens with zero attached hydrogens (tertiary/aromatic N) is 3. The molecular formula is C59H38F85N3. The van der Waals surface area contributed by atoms with Crippen molar-refractivity contribution in [3.8, 4) is 0 Å². The molecule has 0 unspecified atom stereocenters. The smallest absolute Gasteiger partial charge is 0.303 e. The molecule has 0 fully saturated rings. The standard InChI is InChI=1S/C59H38F85N3/c60-20(61,25(70,71)30(80,81)35(90,91)40(100,101)45(110,111)50(120,121)55(130,131)132)7-1-12-145(13-2-8-21(62,63)26(72,73)31(82,83)36(92,93)41(102,103)46(112,113)51(122,123)56(133,134)135)17-6-18-147(16-5-11-24(68,69)29(78,79)34(88,89)39(98,99)44(108,109)49(118,119)54(128,129)59(142,143)144)19-146(14-3-9-22(64,65)27(74,75)32(84,85)37(94,95)42(104,105)47(114,115)52(124,125)57(136,137)138)15-4-10-23(66,67)28(76,77)33(86,87)38(96,97)43(106,107)48(116,117)53(126,127)58(139,140)141/h1-19H2. The molecule has 0 saturated carbocycles. The van der Waals surface area contributed by atoms with Crippen LogP contribution in [0.5, 0.6) is 0 Å². The van der Waals surface area contributed by atoms with Gasteiger partial charge in [0.25, 0.3) is 0 Å². The van der Waals surface area contributed by atoms with E-state index in [-0.39, 0.29) is 0 Å². The molecule has 0 heterocycles. The predicted molar refractivity (Wildman–Crippen MR) is 299 cm³/mol. The highest BCUT2D eigenvalue weighted by atomic mass is 19.5. The molecule has 0 spiro atoms. The van der Waals surface area contributed by atoms with E-state index in [1.54, 1.807) is 0 Å². The minimum atomic E-state index is -9.78. The Morgan fingerprint density at radius 2 is 0.170 bits per heavy atom. The van der Waals surface area contributed by atoms with E-state index in [0.29, 0.717) is 0 Å². The van der Waals surface area contributed by atoms with Gasteiger partial charge in [-0.05, 0) is 77.8 Å². The van der Waals surface area contributed by atoms with Crippen molar-refractivity contribution in [2.75, 3.05) is 52.5 Å². The topological polar surface area (TPSA) is 9.72 Å². The third-order valence-electron chi connectivity index (χ3n) is 20.1. The summed E-state index contributed by atoms with van der Waals surface area (Å²) in [6.45, 7) is -24.0. The van der Waals surface area contributed by atoms with Crippen molar-refractivity contribution in [3.63, 3.8) is 0 Å². The van der Waals surface area contributed by atoms with Crippen molar-refractivity contribution in [1.82, 2.24) is 14.7 Å². The molecule has 0 amide bonds. The van der Waals surface area contributed by atoms with Crippen LogP contribution in [0.1, 0.15) is 70.6 Å². The molecule has 147 heavy (non-hydrogen) atoms. The number of alkyl halides is 85. The Hall–Kier alpha value is -6.07. The lowest BCUT2D eigenvalue weighted by Gasteiger charge is -2.43. The summed E-state index contributed by atoms with van der Waals surface area (Å²) in [5.74, 6) is -324. The first kappa shape index (κ1) is 141. The third-order valence-corrected chi connectivity index (χ3v) is 20.1. The van der Waals surface area contributed by atoms with Crippen LogP contribution in [0, 0.1) is 0 Å². The maximum atomic E-state index is 15.3. The molecule has 0 aliphatic rings. The van der Waals surface area contributed by atoms with Crippen molar-refractivity contribution in [1.29, 1.82) is 0 Å². The fourth-order valence-corrected chi connectivity index (χ4v) is 11.0. The molecule has 0 aromatic heterocycles. The van der Waals surface area contributed by atoms with Gasteiger partial charge in [0, 0.05) is 38.6 Å². The van der Waals surface area contributed by atoms with Crippen LogP contribution in [0.3, 0.4) is 0 Å². The predicted octanol–water partition coefficient (Wildman–Crippen LogP) is 31.2. The van der Waals surface area contributed by atoms with E-state index in [0.717, 1.165) is 0 Å². The Labute approximate surface area is 749 Å². The molecule has 0 aliphatic heterocycles. The van der Waals surface area contributed by atoms with E-state index >= 15 is 52.7 Å². The summed E-state index contributed by atoms with van der Waals surface area (Å²) >= 11 is 0. The zero-order valence-electron chi connectivity index (χ0n) is 66.9. The van der Waals surface area contributed by atoms with Gasteiger partial charge in [0.15, 0.2) is 0 Å². The first-order valence-corrected chi connectivity index (χ1v) is 35.4. The quantitative estimate of drug-likeness (QED) is 0.0444. The summed E-state index contributed by atoms with van der Waals surface area (Å²) in [4.78, 5) is -3.58. The molecular weight excluding hydrogens is 2370 g/mol. The lowest BCUT2D eigenvalue weighted by atomic mass is 9.88. The van der Waals surface area contributed by atoms with Crippen LogP contribution in [0.4, 0.5) is 373 Å². The largest absolute Gasteiger partial charge is 0.460 e. The molecule has 0 aromatic rings. The van der Waals surface area contributed by atoms with Gasteiger partial charge in [0.05, 0.1) is 6.67 Å². The van der Waals surface area contributed by atoms with E-state index in [1.165, 1.54) is 0 Å². The molecule has 0 radical (unpaired) electrons. The van der Waals surface area contributed by atoms with Crippen LogP contribution >= 0.6 is 0 Å². The number of rotatable bonds is 56. The lowest BCUT2D eigenvalue weighted by molar-refractivity contribution is -0.461. The van der Waals surface area contributed by atoms with Crippen LogP contribution in [-0.4, -0.2) is 305 Å². The van der Waals surface area contributed by atoms with E-state index in [9.17, 15) is 321 Å². The SMILES string of the molecule is FC(F)(F)C(F)(F)C(F)(F)C(F)(F)C(F)(F)C(F)(F)C(F)(F)C(F)(F)CCCN(CCCN(CCCC(F)(F)C(F)(F)C(F)(F)C(F)(F)C(F)(F)C(F)(F)C(F)(F)C(F)(F)F)CN(CCCC(F)(F)C(F)(F)C(F)(F)C(F)(F)C(F)(F)C(F)(F)C(F)(F)C(F)(F)F)CCCC(F)(F)C(F)(F)C(F)(F)C(F)(F)C(F)(F)C(F)(F)C(F)(F)C(F)(F)F)CCCC(F)(F)C(F)(F)C(F)(F)C(F)(F)C(F)(F)C(F)(F)C(F)(F)C(F)(F)F. The van der Waals surface area contributed by atoms with Crippen molar-refractivity contribution < 1.29 is 373 Å². The average molecular weight is 2400 g/mol. The minimum absolute atomic E-state index is 1.10. The van der Waals surface area contributed by atoms with Crippen LogP contribution in [0.2, 0.25) is 0 Å². The number of hydrogen-bond donors (Lipinski definition) is 0. The van der Waals surface area contributed by atoms with E-state index < -0.39 is 376 Å². The van der Waals surface area contributed by atoms with Crippen LogP contribution < -0.4 is 0 Å². The van der Waals surface area contributed by atoms with Gasteiger partial charge in [-0.25, -0.2) is 0 Å². The highest BCUT2D eigenvalue weighted by Crippen LogP contribution is 2.73. The molecule has 0 N–H and O–H groups in total. The van der Waals surface area contributed by atoms with Gasteiger partial charge in [-0.3, -0.25) is 9.80 Å². The zero-order valence-corrected chi connectivity index (χ0v) is 66.9. The summed E-state index contributed by atoms with van der Waals surface area (Å²) in [5, 5.41) is 0. The highest BCUT2D eigenvalue weighted by Gasteiger charge is 3.02. The maximum absolute atomic E-state index is 15.3. The van der Waals surface area contributed by atoms with Crippen LogP contribution in [0.15, 0.2) is 0 Å². The summed E-state index contributed by atoms with van der Waals surface area (Å²) < 4.78 is 1200. The maximum Gasteiger partial charge on any atom is 0.460 e. The highest BCUT2D eigenvalue weighted by molar-refractivity contribution is 5.22. The van der Waals surface area contributed by atoms with Crippen molar-refractivity contribution in [2.24, 2.45) is 0 Å². The number of halogens is 85. The molecule has 0 aliphatic carbocycles. The van der Waals surface area contributed by atoms with Crippen molar-refractivity contribution >= 4 is 0 Å².